The minimum Gasteiger partial charge on any atom is -0.456 e. The number of furan rings is 4. The molecule has 0 radical (unpaired) electrons. The summed E-state index contributed by atoms with van der Waals surface area (Å²) in [6.07, 6.45) is 0. The smallest absolute Gasteiger partial charge is 0.143 e. The van der Waals surface area contributed by atoms with Gasteiger partial charge in [0.05, 0.1) is 0 Å². The highest BCUT2D eigenvalue weighted by molar-refractivity contribution is 6.25. The Balaban J connectivity index is 0.000000134. The van der Waals surface area contributed by atoms with E-state index in [2.05, 4.69) is 352 Å². The van der Waals surface area contributed by atoms with Gasteiger partial charge in [-0.2, -0.15) is 0 Å². The van der Waals surface area contributed by atoms with E-state index in [1.165, 1.54) is 120 Å². The highest BCUT2D eigenvalue weighted by Gasteiger charge is 2.24. The standard InChI is InChI=1S/2C54H32O2/c1-2-13-33(14-3-1)36-18-8-15-34-29-30-35(31-47(34)36)52-41-21-9-19-37(43-23-11-25-45-39-16-4-6-27-50(39)55-53(43)45)48(41)32-49-38(20-10-22-42(49)52)44-24-12-26-46-40-17-5-7-28-51(40)56-54(44)46;1-2-11-33(12-3-1)38-16-8-13-34-23-24-37(29-47(34)38)54-45-19-9-17-39(35-25-27-43-41-14-4-6-21-50(41)55-52(43)30-35)48(45)32-49-40(18-10-20-46(49)54)36-26-28-44-42-15-5-7-22-51(42)56-53(44)31-36/h2*1-32H. The van der Waals surface area contributed by atoms with Gasteiger partial charge in [0.2, 0.25) is 0 Å². The van der Waals surface area contributed by atoms with E-state index in [4.69, 9.17) is 17.7 Å². The Labute approximate surface area is 643 Å². The molecule has 24 aromatic rings. The molecule has 0 fully saturated rings. The van der Waals surface area contributed by atoms with Crippen LogP contribution in [0, 0.1) is 0 Å². The molecule has 0 amide bonds. The molecule has 4 aromatic heterocycles. The quantitative estimate of drug-likeness (QED) is 0.142. The Morgan fingerprint density at radius 2 is 0.411 bits per heavy atom. The molecule has 0 N–H and O–H groups in total. The molecule has 0 saturated carbocycles. The second-order valence-corrected chi connectivity index (χ2v) is 29.5. The fraction of sp³-hybridized carbons (Fsp3) is 0. The monoisotopic (exact) mass is 1420 g/mol. The van der Waals surface area contributed by atoms with Crippen molar-refractivity contribution in [1.29, 1.82) is 0 Å². The van der Waals surface area contributed by atoms with Gasteiger partial charge >= 0.3 is 0 Å². The topological polar surface area (TPSA) is 52.6 Å². The molecule has 20 aromatic carbocycles. The minimum atomic E-state index is 0.893. The molecule has 0 spiro atoms. The maximum Gasteiger partial charge on any atom is 0.143 e. The van der Waals surface area contributed by atoms with Gasteiger partial charge in [0.15, 0.2) is 0 Å². The first-order valence-electron chi connectivity index (χ1n) is 38.3. The lowest BCUT2D eigenvalue weighted by Gasteiger charge is -2.18. The summed E-state index contributed by atoms with van der Waals surface area (Å²) in [5.41, 5.74) is 25.9. The largest absolute Gasteiger partial charge is 0.456 e. The molecule has 0 aliphatic rings. The first-order valence-corrected chi connectivity index (χ1v) is 38.3. The number of para-hydroxylation sites is 6. The van der Waals surface area contributed by atoms with Crippen LogP contribution in [0.1, 0.15) is 0 Å². The average Bonchev–Trinajstić information content (AvgIpc) is 0.791. The van der Waals surface area contributed by atoms with Crippen molar-refractivity contribution in [2.45, 2.75) is 0 Å². The lowest BCUT2D eigenvalue weighted by molar-refractivity contribution is 0.668. The highest BCUT2D eigenvalue weighted by Crippen LogP contribution is 2.50. The van der Waals surface area contributed by atoms with Crippen LogP contribution in [0.2, 0.25) is 0 Å². The fourth-order valence-electron chi connectivity index (χ4n) is 18.2. The van der Waals surface area contributed by atoms with Crippen LogP contribution in [0.5, 0.6) is 0 Å². The van der Waals surface area contributed by atoms with E-state index in [9.17, 15) is 0 Å². The van der Waals surface area contributed by atoms with Crippen molar-refractivity contribution in [3.05, 3.63) is 388 Å². The van der Waals surface area contributed by atoms with Crippen LogP contribution < -0.4 is 0 Å². The van der Waals surface area contributed by atoms with Crippen LogP contribution in [-0.4, -0.2) is 0 Å². The van der Waals surface area contributed by atoms with E-state index in [0.717, 1.165) is 121 Å². The summed E-state index contributed by atoms with van der Waals surface area (Å²) in [6.45, 7) is 0. The molecule has 0 aliphatic heterocycles. The molecule has 4 nitrogen and oxygen atoms in total. The van der Waals surface area contributed by atoms with Crippen LogP contribution in [-0.2, 0) is 0 Å². The van der Waals surface area contributed by atoms with Crippen molar-refractivity contribution >= 4 is 152 Å². The summed E-state index contributed by atoms with van der Waals surface area (Å²) in [7, 11) is 0. The average molecular weight is 1430 g/mol. The van der Waals surface area contributed by atoms with Gasteiger partial charge in [-0.1, -0.05) is 315 Å². The van der Waals surface area contributed by atoms with Crippen molar-refractivity contribution in [2.75, 3.05) is 0 Å². The Bertz CT molecular complexity index is 7660. The lowest BCUT2D eigenvalue weighted by atomic mass is 9.85. The van der Waals surface area contributed by atoms with Crippen molar-refractivity contribution in [3.63, 3.8) is 0 Å². The van der Waals surface area contributed by atoms with E-state index >= 15 is 0 Å². The fourth-order valence-corrected chi connectivity index (χ4v) is 18.2. The molecule has 4 heteroatoms. The number of hydrogen-bond acceptors (Lipinski definition) is 4. The zero-order valence-electron chi connectivity index (χ0n) is 60.6. The summed E-state index contributed by atoms with van der Waals surface area (Å²) in [6, 6.07) is 140. The second-order valence-electron chi connectivity index (χ2n) is 29.5. The molecule has 112 heavy (non-hydrogen) atoms. The summed E-state index contributed by atoms with van der Waals surface area (Å²) in [4.78, 5) is 0. The molecule has 0 aliphatic carbocycles. The second kappa shape index (κ2) is 25.4. The summed E-state index contributed by atoms with van der Waals surface area (Å²) >= 11 is 0. The van der Waals surface area contributed by atoms with E-state index < -0.39 is 0 Å². The zero-order chi connectivity index (χ0) is 73.5. The van der Waals surface area contributed by atoms with Crippen LogP contribution in [0.4, 0.5) is 0 Å². The van der Waals surface area contributed by atoms with Gasteiger partial charge < -0.3 is 17.7 Å². The Kier molecular flexibility index (Phi) is 14.3. The van der Waals surface area contributed by atoms with Crippen molar-refractivity contribution in [2.24, 2.45) is 0 Å². The van der Waals surface area contributed by atoms with Gasteiger partial charge in [0.1, 0.15) is 44.7 Å². The Morgan fingerprint density at radius 1 is 0.125 bits per heavy atom. The van der Waals surface area contributed by atoms with E-state index in [-0.39, 0.29) is 0 Å². The maximum absolute atomic E-state index is 6.65. The number of hydrogen-bond donors (Lipinski definition) is 0. The van der Waals surface area contributed by atoms with Gasteiger partial charge in [0, 0.05) is 54.2 Å². The molecule has 0 unspecified atom stereocenters. The van der Waals surface area contributed by atoms with Gasteiger partial charge in [-0.25, -0.2) is 0 Å². The van der Waals surface area contributed by atoms with Crippen molar-refractivity contribution in [1.82, 2.24) is 0 Å². The SMILES string of the molecule is c1ccc(-c2cccc3ccc(-c4c5cccc(-c6ccc7c(c6)oc6ccccc67)c5cc5c(-c6ccc7c(c6)oc6ccccc67)cccc45)cc23)cc1.c1ccc(-c2cccc3ccc(-c4c5cccc(-c6cccc7c6oc6ccccc67)c5cc5c(-c6cccc7c6oc6ccccc67)cccc45)cc23)cc1. The maximum atomic E-state index is 6.65. The van der Waals surface area contributed by atoms with Crippen LogP contribution in [0.25, 0.3) is 241 Å². The molecule has 0 bridgehead atoms. The van der Waals surface area contributed by atoms with Crippen LogP contribution in [0.3, 0.4) is 0 Å². The van der Waals surface area contributed by atoms with Gasteiger partial charge in [-0.3, -0.25) is 0 Å². The Hall–Kier alpha value is -14.8. The van der Waals surface area contributed by atoms with Gasteiger partial charge in [-0.15, -0.1) is 0 Å². The molecule has 0 atom stereocenters. The molecule has 0 saturated heterocycles. The minimum absolute atomic E-state index is 0.893. The normalized spacial score (nSPS) is 11.9. The number of rotatable bonds is 8. The highest BCUT2D eigenvalue weighted by atomic mass is 16.3. The summed E-state index contributed by atoms with van der Waals surface area (Å²) in [5.74, 6) is 0. The number of benzene rings is 20. The lowest BCUT2D eigenvalue weighted by Crippen LogP contribution is -1.91. The summed E-state index contributed by atoms with van der Waals surface area (Å²) < 4.78 is 26.1. The number of fused-ring (bicyclic) bond motifs is 18. The van der Waals surface area contributed by atoms with E-state index in [1.54, 1.807) is 0 Å². The molecule has 24 rings (SSSR count). The van der Waals surface area contributed by atoms with Crippen molar-refractivity contribution < 1.29 is 17.7 Å². The molecule has 4 heterocycles. The van der Waals surface area contributed by atoms with Crippen molar-refractivity contribution in [3.8, 4) is 89.0 Å². The third-order valence-electron chi connectivity index (χ3n) is 23.4. The first kappa shape index (κ1) is 63.3. The van der Waals surface area contributed by atoms with E-state index in [1.807, 2.05) is 36.4 Å². The van der Waals surface area contributed by atoms with Crippen LogP contribution in [0.15, 0.2) is 406 Å². The van der Waals surface area contributed by atoms with E-state index in [0.29, 0.717) is 0 Å². The summed E-state index contributed by atoms with van der Waals surface area (Å²) in [5, 5.41) is 23.5. The van der Waals surface area contributed by atoms with Crippen LogP contribution >= 0.6 is 0 Å². The molecular weight excluding hydrogens is 1360 g/mol. The molecule has 520 valence electrons. The zero-order valence-corrected chi connectivity index (χ0v) is 60.6. The predicted molar refractivity (Wildman–Crippen MR) is 471 cm³/mol. The third-order valence-corrected chi connectivity index (χ3v) is 23.4. The first-order chi connectivity index (χ1) is 55.5. The van der Waals surface area contributed by atoms with Gasteiger partial charge in [-0.05, 0) is 215 Å². The third kappa shape index (κ3) is 10.1. The van der Waals surface area contributed by atoms with Gasteiger partial charge in [0.25, 0.3) is 0 Å². The Morgan fingerprint density at radius 3 is 0.812 bits per heavy atom. The molecular formula is C108H64O4. The predicted octanol–water partition coefficient (Wildman–Crippen LogP) is 31.2.